The molecule has 0 spiro atoms. The van der Waals surface area contributed by atoms with Crippen LogP contribution in [-0.4, -0.2) is 64.3 Å². The molecule has 0 radical (unpaired) electrons. The first-order chi connectivity index (χ1) is 1.00. The summed E-state index contributed by atoms with van der Waals surface area (Å²) < 4.78 is 7.81. The van der Waals surface area contributed by atoms with Crippen molar-refractivity contribution < 1.29 is 19.8 Å². The molecule has 0 bridgehead atoms. The fourth-order valence-corrected chi connectivity index (χ4v) is 0. The quantitative estimate of drug-likeness (QED) is 0.404. The molecule has 0 N–H and O–H groups in total. The zero-order valence-electron chi connectivity index (χ0n) is 0.710. The molecule has 0 aliphatic rings. The summed E-state index contributed by atoms with van der Waals surface area (Å²) in [6, 6.07) is 0. The van der Waals surface area contributed by atoms with Gasteiger partial charge in [-0.2, -0.15) is 0 Å². The van der Waals surface area contributed by atoms with Crippen LogP contribution in [0.25, 0.3) is 0 Å². The summed E-state index contributed by atoms with van der Waals surface area (Å²) in [5.74, 6) is 0. The SMILES string of the molecule is [LiH].[O]=[Cu].[SrH2]. The first-order valence-corrected chi connectivity index (χ1v) is 0.508. The van der Waals surface area contributed by atoms with E-state index in [0.717, 1.165) is 0 Å². The molecule has 0 aliphatic carbocycles. The van der Waals surface area contributed by atoms with E-state index in [1.54, 1.807) is 0 Å². The van der Waals surface area contributed by atoms with E-state index < -0.39 is 0 Å². The second kappa shape index (κ2) is 18.2. The molecule has 0 aromatic rings. The number of hydrogen-bond donors (Lipinski definition) is 0. The molecule has 0 unspecified atom stereocenters. The van der Waals surface area contributed by atoms with Crippen molar-refractivity contribution in [1.82, 2.24) is 0 Å². The van der Waals surface area contributed by atoms with E-state index in [1.807, 2.05) is 0 Å². The molecule has 0 heterocycles. The Bertz CT molecular complexity index is 8.00. The van der Waals surface area contributed by atoms with Crippen molar-refractivity contribution in [3.05, 3.63) is 0 Å². The fourth-order valence-electron chi connectivity index (χ4n) is 0. The van der Waals surface area contributed by atoms with Gasteiger partial charge in [0.2, 0.25) is 0 Å². The van der Waals surface area contributed by atoms with E-state index in [4.69, 9.17) is 3.83 Å². The zero-order chi connectivity index (χ0) is 2.00. The fraction of sp³-hybridized carbons (Fsp3) is 0. The van der Waals surface area contributed by atoms with E-state index in [-0.39, 0.29) is 64.3 Å². The summed E-state index contributed by atoms with van der Waals surface area (Å²) in [6.45, 7) is 0. The molecule has 0 rings (SSSR count). The van der Waals surface area contributed by atoms with Crippen LogP contribution >= 0.6 is 0 Å². The maximum absolute atomic E-state index is 7.81. The van der Waals surface area contributed by atoms with Gasteiger partial charge in [-0.3, -0.25) is 0 Å². The molecule has 23 valence electrons. The van der Waals surface area contributed by atoms with E-state index in [0.29, 0.717) is 0 Å². The van der Waals surface area contributed by atoms with Gasteiger partial charge in [-0.1, -0.05) is 0 Å². The maximum atomic E-state index is 7.81. The van der Waals surface area contributed by atoms with Gasteiger partial charge in [0.25, 0.3) is 0 Å². The third kappa shape index (κ3) is 8.83. The number of hydrogen-bond acceptors (Lipinski definition) is 1. The van der Waals surface area contributed by atoms with Gasteiger partial charge in [-0.25, -0.2) is 0 Å². The van der Waals surface area contributed by atoms with E-state index in [2.05, 4.69) is 15.9 Å². The molecule has 0 atom stereocenters. The topological polar surface area (TPSA) is 17.1 Å². The summed E-state index contributed by atoms with van der Waals surface area (Å²) in [5.41, 5.74) is 0. The van der Waals surface area contributed by atoms with Crippen LogP contribution in [0.2, 0.25) is 0 Å². The van der Waals surface area contributed by atoms with Gasteiger partial charge in [-0.15, -0.1) is 0 Å². The van der Waals surface area contributed by atoms with Gasteiger partial charge in [0, 0.05) is 0 Å². The molecule has 4 heteroatoms. The number of rotatable bonds is 0. The summed E-state index contributed by atoms with van der Waals surface area (Å²) >= 11 is 2.94. The third-order valence-corrected chi connectivity index (χ3v) is 0. The van der Waals surface area contributed by atoms with Crippen molar-refractivity contribution in [2.24, 2.45) is 0 Å². The predicted octanol–water partition coefficient (Wildman–Crippen LogP) is -1.69. The minimum absolute atomic E-state index is 0. The summed E-state index contributed by atoms with van der Waals surface area (Å²) in [6.07, 6.45) is 0. The standard InChI is InChI=1S/Cu.Li.O.Sr.3H. The molecule has 0 aromatic heterocycles. The molecule has 4 heavy (non-hydrogen) atoms. The molecule has 1 nitrogen and oxygen atoms in total. The Hall–Kier alpha value is 2.40. The van der Waals surface area contributed by atoms with Gasteiger partial charge < -0.3 is 0 Å². The molecule has 0 aromatic carbocycles. The predicted molar refractivity (Wildman–Crippen MR) is 16.4 cm³/mol. The third-order valence-electron chi connectivity index (χ3n) is 0. The Labute approximate surface area is 82.4 Å². The van der Waals surface area contributed by atoms with Crippen LogP contribution in [-0.2, 0) is 19.8 Å². The monoisotopic (exact) mass is 177 g/mol. The first-order valence-electron chi connectivity index (χ1n) is 0.123. The van der Waals surface area contributed by atoms with E-state index in [9.17, 15) is 0 Å². The summed E-state index contributed by atoms with van der Waals surface area (Å²) in [4.78, 5) is 0. The average Bonchev–Trinajstić information content (AvgIpc) is 1.00. The Kier molecular flexibility index (Phi) is 73.3. The average molecular weight is 177 g/mol. The van der Waals surface area contributed by atoms with Crippen molar-refractivity contribution in [3.63, 3.8) is 0 Å². The zero-order valence-corrected chi connectivity index (χ0v) is 1.65. The van der Waals surface area contributed by atoms with Crippen LogP contribution in [0, 0.1) is 0 Å². The molecular weight excluding hydrogens is 174 g/mol. The second-order valence-electron chi connectivity index (χ2n) is 0. The Morgan fingerprint density at radius 1 is 1.25 bits per heavy atom. The summed E-state index contributed by atoms with van der Waals surface area (Å²) in [7, 11) is 0. The summed E-state index contributed by atoms with van der Waals surface area (Å²) in [5, 5.41) is 0. The van der Waals surface area contributed by atoms with Crippen LogP contribution in [0.15, 0.2) is 0 Å². The first kappa shape index (κ1) is 16.1. The van der Waals surface area contributed by atoms with Crippen molar-refractivity contribution in [3.8, 4) is 0 Å². The van der Waals surface area contributed by atoms with Crippen LogP contribution in [0.4, 0.5) is 0 Å². The van der Waals surface area contributed by atoms with E-state index >= 15 is 0 Å². The van der Waals surface area contributed by atoms with E-state index in [1.165, 1.54) is 0 Å². The molecular formula is H3CuLiOSr. The van der Waals surface area contributed by atoms with Crippen molar-refractivity contribution >= 4 is 64.3 Å². The van der Waals surface area contributed by atoms with Crippen LogP contribution < -0.4 is 0 Å². The molecule has 0 aliphatic heterocycles. The van der Waals surface area contributed by atoms with Crippen LogP contribution in [0.3, 0.4) is 0 Å². The Morgan fingerprint density at radius 3 is 1.25 bits per heavy atom. The van der Waals surface area contributed by atoms with Gasteiger partial charge in [-0.05, 0) is 0 Å². The molecule has 0 fully saturated rings. The second-order valence-corrected chi connectivity index (χ2v) is 0. The van der Waals surface area contributed by atoms with Gasteiger partial charge in [0.1, 0.15) is 0 Å². The Balaban J connectivity index is -0.00000000500. The molecule has 0 saturated carbocycles. The van der Waals surface area contributed by atoms with Crippen molar-refractivity contribution in [2.45, 2.75) is 0 Å². The van der Waals surface area contributed by atoms with Gasteiger partial charge in [0.05, 0.1) is 0 Å². The Morgan fingerprint density at radius 2 is 1.25 bits per heavy atom. The molecule has 0 saturated heterocycles. The van der Waals surface area contributed by atoms with Gasteiger partial charge in [0.15, 0.2) is 0 Å². The minimum atomic E-state index is 0. The van der Waals surface area contributed by atoms with Crippen LogP contribution in [0.5, 0.6) is 0 Å². The van der Waals surface area contributed by atoms with Crippen molar-refractivity contribution in [2.75, 3.05) is 0 Å². The normalized spacial score (nSPS) is 1.50. The van der Waals surface area contributed by atoms with Crippen molar-refractivity contribution in [1.29, 1.82) is 0 Å². The molecule has 0 amide bonds. The van der Waals surface area contributed by atoms with Crippen LogP contribution in [0.1, 0.15) is 0 Å². The van der Waals surface area contributed by atoms with Gasteiger partial charge >= 0.3 is 84.1 Å².